The number of benzene rings is 2. The van der Waals surface area contributed by atoms with Crippen molar-refractivity contribution in [2.24, 2.45) is 5.73 Å². The van der Waals surface area contributed by atoms with Crippen molar-refractivity contribution in [3.05, 3.63) is 65.7 Å². The molecule has 2 amide bonds. The number of nitrogens with two attached hydrogens (primary N) is 1. The van der Waals surface area contributed by atoms with Crippen molar-refractivity contribution < 1.29 is 9.59 Å². The third kappa shape index (κ3) is 5.59. The van der Waals surface area contributed by atoms with E-state index in [1.165, 1.54) is 0 Å². The number of carbonyl (C=O) groups is 2. The summed E-state index contributed by atoms with van der Waals surface area (Å²) in [7, 11) is 0. The van der Waals surface area contributed by atoms with Gasteiger partial charge in [-0.3, -0.25) is 9.59 Å². The summed E-state index contributed by atoms with van der Waals surface area (Å²) in [5.74, 6) is -0.627. The van der Waals surface area contributed by atoms with Crippen LogP contribution < -0.4 is 16.4 Å². The first-order valence-electron chi connectivity index (χ1n) is 8.10. The fourth-order valence-corrected chi connectivity index (χ4v) is 2.55. The Hall–Kier alpha value is -2.37. The van der Waals surface area contributed by atoms with Gasteiger partial charge in [-0.1, -0.05) is 49.4 Å². The first-order chi connectivity index (χ1) is 11.7. The maximum Gasteiger partial charge on any atom is 0.253 e. The Morgan fingerprint density at radius 1 is 1.04 bits per heavy atom. The second-order valence-corrected chi connectivity index (χ2v) is 5.45. The van der Waals surface area contributed by atoms with Crippen LogP contribution in [0.25, 0.3) is 0 Å². The van der Waals surface area contributed by atoms with Gasteiger partial charge in [-0.05, 0) is 24.1 Å². The molecule has 0 fully saturated rings. The summed E-state index contributed by atoms with van der Waals surface area (Å²) in [6, 6.07) is 16.6. The SMILES string of the molecule is CCC(C(=O)Nc1ccccc1C(=O)NCCN)c1ccccc1.Cl. The van der Waals surface area contributed by atoms with Gasteiger partial charge in [-0.2, -0.15) is 0 Å². The van der Waals surface area contributed by atoms with Crippen molar-refractivity contribution in [2.75, 3.05) is 18.4 Å². The molecule has 134 valence electrons. The number of anilines is 1. The minimum absolute atomic E-state index is 0. The standard InChI is InChI=1S/C19H23N3O2.ClH/c1-2-15(14-8-4-3-5-9-14)19(24)22-17-11-7-6-10-16(17)18(23)21-13-12-20;/h3-11,15H,2,12-13,20H2,1H3,(H,21,23)(H,22,24);1H. The maximum absolute atomic E-state index is 12.7. The van der Waals surface area contributed by atoms with Crippen LogP contribution in [-0.2, 0) is 4.79 Å². The Morgan fingerprint density at radius 2 is 1.68 bits per heavy atom. The minimum Gasteiger partial charge on any atom is -0.351 e. The largest absolute Gasteiger partial charge is 0.351 e. The van der Waals surface area contributed by atoms with E-state index in [0.717, 1.165) is 5.56 Å². The molecule has 1 unspecified atom stereocenters. The Bertz CT molecular complexity index is 692. The quantitative estimate of drug-likeness (QED) is 0.708. The second kappa shape index (κ2) is 10.5. The van der Waals surface area contributed by atoms with Crippen LogP contribution in [0.3, 0.4) is 0 Å². The Balaban J connectivity index is 0.00000312. The summed E-state index contributed by atoms with van der Waals surface area (Å²) in [6.45, 7) is 2.73. The van der Waals surface area contributed by atoms with Crippen LogP contribution in [0.5, 0.6) is 0 Å². The lowest BCUT2D eigenvalue weighted by molar-refractivity contribution is -0.117. The zero-order valence-corrected chi connectivity index (χ0v) is 15.0. The van der Waals surface area contributed by atoms with Crippen molar-refractivity contribution in [1.29, 1.82) is 0 Å². The molecule has 0 aliphatic heterocycles. The van der Waals surface area contributed by atoms with Gasteiger partial charge >= 0.3 is 0 Å². The lowest BCUT2D eigenvalue weighted by Crippen LogP contribution is -2.30. The molecule has 0 bridgehead atoms. The summed E-state index contributed by atoms with van der Waals surface area (Å²) in [6.07, 6.45) is 0.678. The van der Waals surface area contributed by atoms with Crippen molar-refractivity contribution in [1.82, 2.24) is 5.32 Å². The van der Waals surface area contributed by atoms with Gasteiger partial charge in [0.25, 0.3) is 5.91 Å². The van der Waals surface area contributed by atoms with Crippen LogP contribution in [0.1, 0.15) is 35.2 Å². The van der Waals surface area contributed by atoms with Gasteiger partial charge in [-0.15, -0.1) is 12.4 Å². The average Bonchev–Trinajstić information content (AvgIpc) is 2.61. The Labute approximate surface area is 154 Å². The highest BCUT2D eigenvalue weighted by atomic mass is 35.5. The summed E-state index contributed by atoms with van der Waals surface area (Å²) in [4.78, 5) is 24.9. The van der Waals surface area contributed by atoms with Crippen LogP contribution in [0.15, 0.2) is 54.6 Å². The molecule has 1 atom stereocenters. The number of hydrogen-bond acceptors (Lipinski definition) is 3. The van der Waals surface area contributed by atoms with Crippen molar-refractivity contribution >= 4 is 29.9 Å². The lowest BCUT2D eigenvalue weighted by atomic mass is 9.95. The Morgan fingerprint density at radius 3 is 2.32 bits per heavy atom. The Kier molecular flexibility index (Phi) is 8.67. The number of halogens is 1. The van der Waals surface area contributed by atoms with Crippen molar-refractivity contribution in [3.8, 4) is 0 Å². The molecule has 0 heterocycles. The molecule has 2 aromatic rings. The number of para-hydroxylation sites is 1. The van der Waals surface area contributed by atoms with E-state index in [1.807, 2.05) is 37.3 Å². The molecule has 6 heteroatoms. The molecule has 0 saturated heterocycles. The summed E-state index contributed by atoms with van der Waals surface area (Å²) in [5, 5.41) is 5.61. The van der Waals surface area contributed by atoms with Crippen molar-refractivity contribution in [2.45, 2.75) is 19.3 Å². The van der Waals surface area contributed by atoms with Gasteiger partial charge in [0, 0.05) is 13.1 Å². The van der Waals surface area contributed by atoms with Gasteiger partial charge < -0.3 is 16.4 Å². The van der Waals surface area contributed by atoms with Gasteiger partial charge in [0.2, 0.25) is 5.91 Å². The molecule has 0 aliphatic carbocycles. The van der Waals surface area contributed by atoms with Gasteiger partial charge in [-0.25, -0.2) is 0 Å². The molecule has 0 aromatic heterocycles. The van der Waals surface area contributed by atoms with E-state index in [2.05, 4.69) is 10.6 Å². The monoisotopic (exact) mass is 361 g/mol. The smallest absolute Gasteiger partial charge is 0.253 e. The number of nitrogens with one attached hydrogen (secondary N) is 2. The highest BCUT2D eigenvalue weighted by molar-refractivity contribution is 6.05. The summed E-state index contributed by atoms with van der Waals surface area (Å²) < 4.78 is 0. The molecule has 0 radical (unpaired) electrons. The van der Waals surface area contributed by atoms with Crippen LogP contribution in [0.2, 0.25) is 0 Å². The molecule has 4 N–H and O–H groups in total. The number of hydrogen-bond donors (Lipinski definition) is 3. The van der Waals surface area contributed by atoms with E-state index in [9.17, 15) is 9.59 Å². The van der Waals surface area contributed by atoms with Crippen LogP contribution in [0.4, 0.5) is 5.69 Å². The minimum atomic E-state index is -0.258. The van der Waals surface area contributed by atoms with E-state index < -0.39 is 0 Å². The molecule has 0 aliphatic rings. The molecule has 2 aromatic carbocycles. The second-order valence-electron chi connectivity index (χ2n) is 5.45. The van der Waals surface area contributed by atoms with E-state index in [0.29, 0.717) is 30.8 Å². The first-order valence-corrected chi connectivity index (χ1v) is 8.10. The molecule has 0 spiro atoms. The van der Waals surface area contributed by atoms with Crippen LogP contribution >= 0.6 is 12.4 Å². The third-order valence-corrected chi connectivity index (χ3v) is 3.79. The predicted molar refractivity (Wildman–Crippen MR) is 103 cm³/mol. The first kappa shape index (κ1) is 20.7. The lowest BCUT2D eigenvalue weighted by Gasteiger charge is -2.17. The predicted octanol–water partition coefficient (Wildman–Crippen LogP) is 2.93. The average molecular weight is 362 g/mol. The van der Waals surface area contributed by atoms with E-state index in [4.69, 9.17) is 5.73 Å². The molecule has 0 saturated carbocycles. The van der Waals surface area contributed by atoms with Gasteiger partial charge in [0.1, 0.15) is 0 Å². The molecular weight excluding hydrogens is 338 g/mol. The highest BCUT2D eigenvalue weighted by Gasteiger charge is 2.20. The summed E-state index contributed by atoms with van der Waals surface area (Å²) >= 11 is 0. The van der Waals surface area contributed by atoms with Crippen molar-refractivity contribution in [3.63, 3.8) is 0 Å². The zero-order chi connectivity index (χ0) is 17.4. The molecule has 25 heavy (non-hydrogen) atoms. The molecular formula is C19H24ClN3O2. The molecule has 2 rings (SSSR count). The number of rotatable bonds is 7. The normalized spacial score (nSPS) is 11.1. The summed E-state index contributed by atoms with van der Waals surface area (Å²) in [5.41, 5.74) is 7.31. The van der Waals surface area contributed by atoms with E-state index >= 15 is 0 Å². The highest BCUT2D eigenvalue weighted by Crippen LogP contribution is 2.23. The van der Waals surface area contributed by atoms with E-state index in [1.54, 1.807) is 24.3 Å². The van der Waals surface area contributed by atoms with Crippen LogP contribution in [-0.4, -0.2) is 24.9 Å². The van der Waals surface area contributed by atoms with Gasteiger partial charge in [0.05, 0.1) is 17.2 Å². The third-order valence-electron chi connectivity index (χ3n) is 3.79. The van der Waals surface area contributed by atoms with E-state index in [-0.39, 0.29) is 30.1 Å². The zero-order valence-electron chi connectivity index (χ0n) is 14.2. The number of amides is 2. The van der Waals surface area contributed by atoms with Crippen LogP contribution in [0, 0.1) is 0 Å². The molecule has 5 nitrogen and oxygen atoms in total. The topological polar surface area (TPSA) is 84.2 Å². The fourth-order valence-electron chi connectivity index (χ4n) is 2.55. The number of carbonyl (C=O) groups excluding carboxylic acids is 2. The fraction of sp³-hybridized carbons (Fsp3) is 0.263. The van der Waals surface area contributed by atoms with Gasteiger partial charge in [0.15, 0.2) is 0 Å². The maximum atomic E-state index is 12.7.